The van der Waals surface area contributed by atoms with Crippen LogP contribution in [0.4, 0.5) is 4.79 Å². The minimum Gasteiger partial charge on any atom is -0.496 e. The van der Waals surface area contributed by atoms with E-state index in [2.05, 4.69) is 4.90 Å². The van der Waals surface area contributed by atoms with Gasteiger partial charge >= 0.3 is 12.1 Å². The molecule has 2 aromatic rings. The van der Waals surface area contributed by atoms with E-state index >= 15 is 0 Å². The van der Waals surface area contributed by atoms with Crippen LogP contribution in [0, 0.1) is 0 Å². The monoisotopic (exact) mass is 499 g/mol. The topological polar surface area (TPSA) is 115 Å². The van der Waals surface area contributed by atoms with Crippen LogP contribution in [0.1, 0.15) is 31.9 Å². The molecular weight excluding hydrogens is 462 g/mol. The first-order valence-corrected chi connectivity index (χ1v) is 12.0. The highest BCUT2D eigenvalue weighted by molar-refractivity contribution is 5.78. The lowest BCUT2D eigenvalue weighted by molar-refractivity contribution is -0.138. The molecule has 1 atom stereocenters. The summed E-state index contributed by atoms with van der Waals surface area (Å²) in [6.07, 6.45) is -0.0184. The lowest BCUT2D eigenvalue weighted by atomic mass is 9.98. The third kappa shape index (κ3) is 7.11. The Kier molecular flexibility index (Phi) is 8.81. The van der Waals surface area contributed by atoms with Crippen LogP contribution in [0.2, 0.25) is 0 Å². The normalized spacial score (nSPS) is 15.3. The molecule has 1 heterocycles. The maximum absolute atomic E-state index is 12.3. The molecule has 1 saturated heterocycles. The third-order valence-electron chi connectivity index (χ3n) is 6.01. The van der Waals surface area contributed by atoms with Crippen LogP contribution in [-0.2, 0) is 22.5 Å². The molecule has 3 N–H and O–H groups in total. The van der Waals surface area contributed by atoms with Crippen LogP contribution < -0.4 is 15.2 Å². The fraction of sp³-hybridized carbons (Fsp3) is 0.481. The molecule has 9 nitrogen and oxygen atoms in total. The Bertz CT molecular complexity index is 1030. The third-order valence-corrected chi connectivity index (χ3v) is 6.01. The van der Waals surface area contributed by atoms with Crippen molar-refractivity contribution in [2.45, 2.75) is 45.4 Å². The molecule has 0 bridgehead atoms. The van der Waals surface area contributed by atoms with Crippen LogP contribution in [0.3, 0.4) is 0 Å². The van der Waals surface area contributed by atoms with E-state index in [0.29, 0.717) is 31.1 Å². The highest BCUT2D eigenvalue weighted by Crippen LogP contribution is 2.40. The van der Waals surface area contributed by atoms with Gasteiger partial charge in [0.2, 0.25) is 0 Å². The number of hydrogen-bond acceptors (Lipinski definition) is 7. The summed E-state index contributed by atoms with van der Waals surface area (Å²) in [5.41, 5.74) is 8.76. The van der Waals surface area contributed by atoms with Crippen molar-refractivity contribution in [3.8, 4) is 22.6 Å². The SMILES string of the molecule is COc1cc(CN2CCN(C(=O)OC(C)(C)C)CC2)cc(OC)c1-c1ccc(C[C@H](N)C(=O)O)cc1. The van der Waals surface area contributed by atoms with Gasteiger partial charge in [0.15, 0.2) is 0 Å². The number of aliphatic carboxylic acids is 1. The number of ether oxygens (including phenoxy) is 3. The first-order valence-electron chi connectivity index (χ1n) is 12.0. The minimum absolute atomic E-state index is 0.254. The molecule has 9 heteroatoms. The smallest absolute Gasteiger partial charge is 0.410 e. The quantitative estimate of drug-likeness (QED) is 0.568. The zero-order valence-corrected chi connectivity index (χ0v) is 21.7. The number of carbonyl (C=O) groups excluding carboxylic acids is 1. The zero-order valence-electron chi connectivity index (χ0n) is 21.7. The molecule has 36 heavy (non-hydrogen) atoms. The van der Waals surface area contributed by atoms with E-state index in [1.54, 1.807) is 19.1 Å². The summed E-state index contributed by atoms with van der Waals surface area (Å²) in [7, 11) is 3.25. The van der Waals surface area contributed by atoms with Crippen molar-refractivity contribution in [1.29, 1.82) is 0 Å². The molecule has 0 radical (unpaired) electrons. The number of carboxylic acids is 1. The van der Waals surface area contributed by atoms with E-state index in [1.165, 1.54) is 0 Å². The van der Waals surface area contributed by atoms with Crippen LogP contribution >= 0.6 is 0 Å². The molecule has 0 unspecified atom stereocenters. The zero-order chi connectivity index (χ0) is 26.5. The molecule has 0 saturated carbocycles. The number of methoxy groups -OCH3 is 2. The first-order chi connectivity index (χ1) is 17.0. The second kappa shape index (κ2) is 11.6. The van der Waals surface area contributed by atoms with Gasteiger partial charge in [0, 0.05) is 32.7 Å². The second-order valence-electron chi connectivity index (χ2n) is 9.96. The van der Waals surface area contributed by atoms with Gasteiger partial charge < -0.3 is 30.0 Å². The van der Waals surface area contributed by atoms with Crippen LogP contribution in [0.5, 0.6) is 11.5 Å². The number of carboxylic acid groups (broad SMARTS) is 1. The van der Waals surface area contributed by atoms with Crippen LogP contribution in [-0.4, -0.2) is 79.0 Å². The summed E-state index contributed by atoms with van der Waals surface area (Å²) in [6, 6.07) is 10.6. The number of hydrogen-bond donors (Lipinski definition) is 2. The first kappa shape index (κ1) is 27.3. The number of benzene rings is 2. The Hall–Kier alpha value is -3.30. The average Bonchev–Trinajstić information content (AvgIpc) is 2.83. The number of nitrogens with two attached hydrogens (primary N) is 1. The Labute approximate surface area is 212 Å². The van der Waals surface area contributed by atoms with Gasteiger partial charge in [0.05, 0.1) is 19.8 Å². The van der Waals surface area contributed by atoms with Crippen molar-refractivity contribution in [3.63, 3.8) is 0 Å². The van der Waals surface area contributed by atoms with Crippen molar-refractivity contribution >= 4 is 12.1 Å². The van der Waals surface area contributed by atoms with Crippen LogP contribution in [0.25, 0.3) is 11.1 Å². The molecule has 3 rings (SSSR count). The summed E-state index contributed by atoms with van der Waals surface area (Å²) in [5, 5.41) is 9.05. The molecule has 0 aromatic heterocycles. The standard InChI is InChI=1S/C27H37N3O6/c1-27(2,3)36-26(33)30-12-10-29(11-13-30)17-19-15-22(34-4)24(23(16-19)35-5)20-8-6-18(7-9-20)14-21(28)25(31)32/h6-9,15-16,21H,10-14,17,28H2,1-5H3,(H,31,32)/t21-/m0/s1. The van der Waals surface area contributed by atoms with Gasteiger partial charge in [-0.25, -0.2) is 4.79 Å². The molecule has 1 aliphatic heterocycles. The molecular formula is C27H37N3O6. The predicted molar refractivity (Wildman–Crippen MR) is 137 cm³/mol. The molecule has 1 fully saturated rings. The van der Waals surface area contributed by atoms with Gasteiger partial charge in [0.1, 0.15) is 23.1 Å². The van der Waals surface area contributed by atoms with E-state index in [0.717, 1.165) is 35.3 Å². The minimum atomic E-state index is -1.02. The van der Waals surface area contributed by atoms with Gasteiger partial charge in [-0.05, 0) is 56.0 Å². The van der Waals surface area contributed by atoms with Crippen molar-refractivity contribution in [3.05, 3.63) is 47.5 Å². The molecule has 1 amide bonds. The Balaban J connectivity index is 1.72. The van der Waals surface area contributed by atoms with Crippen LogP contribution in [0.15, 0.2) is 36.4 Å². The molecule has 0 aliphatic carbocycles. The molecule has 196 valence electrons. The van der Waals surface area contributed by atoms with Gasteiger partial charge in [-0.1, -0.05) is 24.3 Å². The fourth-order valence-corrected chi connectivity index (χ4v) is 4.16. The second-order valence-corrected chi connectivity index (χ2v) is 9.96. The van der Waals surface area contributed by atoms with E-state index in [9.17, 15) is 9.59 Å². The summed E-state index contributed by atoms with van der Waals surface area (Å²) in [5.74, 6) is 0.350. The highest BCUT2D eigenvalue weighted by atomic mass is 16.6. The van der Waals surface area contributed by atoms with E-state index < -0.39 is 17.6 Å². The van der Waals surface area contributed by atoms with Crippen molar-refractivity contribution in [2.24, 2.45) is 5.73 Å². The summed E-state index contributed by atoms with van der Waals surface area (Å²) < 4.78 is 16.9. The van der Waals surface area contributed by atoms with Gasteiger partial charge in [-0.2, -0.15) is 0 Å². The largest absolute Gasteiger partial charge is 0.496 e. The number of amides is 1. The molecule has 1 aliphatic rings. The van der Waals surface area contributed by atoms with Gasteiger partial charge in [0.25, 0.3) is 0 Å². The highest BCUT2D eigenvalue weighted by Gasteiger charge is 2.26. The summed E-state index contributed by atoms with van der Waals surface area (Å²) in [4.78, 5) is 27.4. The number of rotatable bonds is 8. The Morgan fingerprint density at radius 1 is 0.972 bits per heavy atom. The Morgan fingerprint density at radius 2 is 1.53 bits per heavy atom. The van der Waals surface area contributed by atoms with E-state index in [-0.39, 0.29) is 12.5 Å². The van der Waals surface area contributed by atoms with E-state index in [1.807, 2.05) is 57.2 Å². The van der Waals surface area contributed by atoms with Gasteiger partial charge in [-0.3, -0.25) is 9.69 Å². The molecule has 0 spiro atoms. The summed E-state index contributed by atoms with van der Waals surface area (Å²) >= 11 is 0. The summed E-state index contributed by atoms with van der Waals surface area (Å²) in [6.45, 7) is 9.01. The van der Waals surface area contributed by atoms with Crippen molar-refractivity contribution in [1.82, 2.24) is 9.80 Å². The number of nitrogens with zero attached hydrogens (tertiary/aromatic N) is 2. The maximum Gasteiger partial charge on any atom is 0.410 e. The average molecular weight is 500 g/mol. The van der Waals surface area contributed by atoms with Crippen molar-refractivity contribution < 1.29 is 28.9 Å². The van der Waals surface area contributed by atoms with Crippen molar-refractivity contribution in [2.75, 3.05) is 40.4 Å². The maximum atomic E-state index is 12.3. The lowest BCUT2D eigenvalue weighted by Gasteiger charge is -2.35. The lowest BCUT2D eigenvalue weighted by Crippen LogP contribution is -2.49. The van der Waals surface area contributed by atoms with Gasteiger partial charge in [-0.15, -0.1) is 0 Å². The fourth-order valence-electron chi connectivity index (χ4n) is 4.16. The number of carbonyl (C=O) groups is 2. The number of piperazine rings is 1. The molecule has 2 aromatic carbocycles. The Morgan fingerprint density at radius 3 is 2.00 bits per heavy atom. The van der Waals surface area contributed by atoms with E-state index in [4.69, 9.17) is 25.1 Å². The predicted octanol–water partition coefficient (Wildman–Crippen LogP) is 3.38.